The number of methoxy groups -OCH3 is 1. The summed E-state index contributed by atoms with van der Waals surface area (Å²) in [5, 5.41) is 9.30. The molecule has 3 aliphatic rings. The van der Waals surface area contributed by atoms with Crippen LogP contribution in [0, 0.1) is 17.8 Å². The Balaban J connectivity index is 1.77. The molecule has 3 aliphatic heterocycles. The molecule has 9 heteroatoms. The van der Waals surface area contributed by atoms with E-state index < -0.39 is 22.6 Å². The molecular formula is C27H36N2O6S. The van der Waals surface area contributed by atoms with Crippen LogP contribution in [0.25, 0.3) is 0 Å². The first-order valence-electron chi connectivity index (χ1n) is 12.7. The number of fused-ring (bicyclic) bond motifs is 1. The van der Waals surface area contributed by atoms with Crippen molar-refractivity contribution in [1.29, 1.82) is 0 Å². The predicted molar refractivity (Wildman–Crippen MR) is 139 cm³/mol. The molecule has 2 bridgehead atoms. The molecule has 3 saturated heterocycles. The molecule has 3 fully saturated rings. The number of hydrogen-bond donors (Lipinski definition) is 1. The van der Waals surface area contributed by atoms with Gasteiger partial charge in [0.25, 0.3) is 5.91 Å². The van der Waals surface area contributed by atoms with Gasteiger partial charge >= 0.3 is 5.97 Å². The van der Waals surface area contributed by atoms with E-state index in [2.05, 4.69) is 13.5 Å². The van der Waals surface area contributed by atoms with Crippen molar-refractivity contribution in [3.05, 3.63) is 36.9 Å². The van der Waals surface area contributed by atoms with E-state index in [0.29, 0.717) is 30.8 Å². The molecule has 196 valence electrons. The number of anilines is 1. The van der Waals surface area contributed by atoms with Crippen molar-refractivity contribution in [3.8, 4) is 5.75 Å². The molecular weight excluding hydrogens is 480 g/mol. The zero-order chi connectivity index (χ0) is 26.0. The lowest BCUT2D eigenvalue weighted by molar-refractivity contribution is -0.154. The quantitative estimate of drug-likeness (QED) is 0.274. The second-order valence-corrected chi connectivity index (χ2v) is 11.3. The molecule has 0 aliphatic carbocycles. The highest BCUT2D eigenvalue weighted by atomic mass is 32.2. The van der Waals surface area contributed by atoms with Crippen molar-refractivity contribution >= 4 is 35.2 Å². The lowest BCUT2D eigenvalue weighted by atomic mass is 9.66. The zero-order valence-corrected chi connectivity index (χ0v) is 22.0. The van der Waals surface area contributed by atoms with Crippen LogP contribution >= 0.6 is 11.8 Å². The highest BCUT2D eigenvalue weighted by Gasteiger charge is 2.76. The summed E-state index contributed by atoms with van der Waals surface area (Å²) >= 11 is 1.63. The van der Waals surface area contributed by atoms with Crippen LogP contribution in [0.1, 0.15) is 33.1 Å². The van der Waals surface area contributed by atoms with Gasteiger partial charge in [0, 0.05) is 30.6 Å². The number of benzene rings is 1. The van der Waals surface area contributed by atoms with Gasteiger partial charge in [-0.25, -0.2) is 0 Å². The van der Waals surface area contributed by atoms with E-state index in [9.17, 15) is 19.5 Å². The van der Waals surface area contributed by atoms with Crippen molar-refractivity contribution in [1.82, 2.24) is 4.90 Å². The summed E-state index contributed by atoms with van der Waals surface area (Å²) in [5.74, 6) is -1.07. The number of nitrogens with zero attached hydrogens (tertiary/aromatic N) is 2. The SMILES string of the molecule is C=CCN(C(=O)C1N(CCCCO)C(=O)[C@@H]2[C@H](C(=O)OCC)[C@@H]3CC(C)C12S3)c1ccc(OC)cc1. The highest BCUT2D eigenvalue weighted by molar-refractivity contribution is 8.02. The van der Waals surface area contributed by atoms with Crippen LogP contribution in [0.4, 0.5) is 5.69 Å². The van der Waals surface area contributed by atoms with Gasteiger partial charge in [-0.3, -0.25) is 14.4 Å². The molecule has 0 radical (unpaired) electrons. The topological polar surface area (TPSA) is 96.4 Å². The predicted octanol–water partition coefficient (Wildman–Crippen LogP) is 2.89. The number of aliphatic hydroxyl groups excluding tert-OH is 1. The molecule has 6 atom stereocenters. The lowest BCUT2D eigenvalue weighted by Gasteiger charge is -2.40. The van der Waals surface area contributed by atoms with Crippen LogP contribution in [-0.4, -0.2) is 77.2 Å². The Morgan fingerprint density at radius 3 is 2.64 bits per heavy atom. The summed E-state index contributed by atoms with van der Waals surface area (Å²) in [4.78, 5) is 44.8. The second-order valence-electron chi connectivity index (χ2n) is 9.70. The van der Waals surface area contributed by atoms with E-state index in [-0.39, 0.29) is 48.7 Å². The Morgan fingerprint density at radius 1 is 1.31 bits per heavy atom. The summed E-state index contributed by atoms with van der Waals surface area (Å²) in [6, 6.07) is 6.53. The average molecular weight is 517 g/mol. The molecule has 1 spiro atoms. The number of hydrogen-bond acceptors (Lipinski definition) is 7. The standard InChI is InChI=1S/C27H36N2O6S/c1-5-13-28(18-9-11-19(34-4)12-10-18)25(32)23-27-17(3)16-20(36-27)21(26(33)35-6-2)22(27)24(31)29(23)14-7-8-15-30/h5,9-12,17,20-23,30H,1,6-8,13-16H2,2-4H3/t17?,20-,21+,22-,23?,27?/m0/s1. The van der Waals surface area contributed by atoms with Crippen LogP contribution < -0.4 is 9.64 Å². The molecule has 3 heterocycles. The van der Waals surface area contributed by atoms with Gasteiger partial charge in [0.1, 0.15) is 11.8 Å². The first-order valence-corrected chi connectivity index (χ1v) is 13.6. The number of thioether (sulfide) groups is 1. The largest absolute Gasteiger partial charge is 0.497 e. The molecule has 0 saturated carbocycles. The van der Waals surface area contributed by atoms with E-state index in [1.807, 2.05) is 12.1 Å². The first kappa shape index (κ1) is 26.5. The number of rotatable bonds is 11. The molecule has 4 rings (SSSR count). The van der Waals surface area contributed by atoms with E-state index in [1.54, 1.807) is 53.8 Å². The number of esters is 1. The third-order valence-corrected chi connectivity index (χ3v) is 9.88. The third kappa shape index (κ3) is 4.20. The minimum Gasteiger partial charge on any atom is -0.497 e. The zero-order valence-electron chi connectivity index (χ0n) is 21.2. The van der Waals surface area contributed by atoms with E-state index >= 15 is 0 Å². The second kappa shape index (κ2) is 10.8. The maximum Gasteiger partial charge on any atom is 0.310 e. The number of unbranched alkanes of at least 4 members (excludes halogenated alkanes) is 1. The number of carbonyl (C=O) groups is 3. The minimum absolute atomic E-state index is 0.0162. The summed E-state index contributed by atoms with van der Waals surface area (Å²) < 4.78 is 9.97. The fourth-order valence-corrected chi connectivity index (χ4v) is 8.71. The Kier molecular flexibility index (Phi) is 7.99. The number of ether oxygens (including phenoxy) is 2. The van der Waals surface area contributed by atoms with Gasteiger partial charge in [0.15, 0.2) is 0 Å². The molecule has 3 unspecified atom stereocenters. The molecule has 2 amide bonds. The normalized spacial score (nSPS) is 30.3. The molecule has 1 N–H and O–H groups in total. The van der Waals surface area contributed by atoms with Gasteiger partial charge in [-0.15, -0.1) is 18.3 Å². The average Bonchev–Trinajstić information content (AvgIpc) is 3.46. The van der Waals surface area contributed by atoms with Crippen LogP contribution in [-0.2, 0) is 19.1 Å². The molecule has 1 aromatic rings. The first-order chi connectivity index (χ1) is 17.3. The number of aliphatic hydroxyl groups is 1. The van der Waals surface area contributed by atoms with Crippen molar-refractivity contribution in [2.24, 2.45) is 17.8 Å². The van der Waals surface area contributed by atoms with Gasteiger partial charge < -0.3 is 24.4 Å². The van der Waals surface area contributed by atoms with Crippen molar-refractivity contribution in [2.75, 3.05) is 38.3 Å². The van der Waals surface area contributed by atoms with E-state index in [0.717, 1.165) is 6.42 Å². The Morgan fingerprint density at radius 2 is 2.03 bits per heavy atom. The summed E-state index contributed by atoms with van der Waals surface area (Å²) in [6.45, 7) is 8.62. The van der Waals surface area contributed by atoms with Gasteiger partial charge in [0.05, 0.1) is 30.3 Å². The van der Waals surface area contributed by atoms with Crippen LogP contribution in [0.3, 0.4) is 0 Å². The highest BCUT2D eigenvalue weighted by Crippen LogP contribution is 2.68. The molecule has 8 nitrogen and oxygen atoms in total. The maximum atomic E-state index is 14.4. The smallest absolute Gasteiger partial charge is 0.310 e. The number of likely N-dealkylation sites (tertiary alicyclic amines) is 1. The Hall–Kier alpha value is -2.52. The summed E-state index contributed by atoms with van der Waals surface area (Å²) in [6.07, 6.45) is 3.54. The number of amides is 2. The van der Waals surface area contributed by atoms with Crippen LogP contribution in [0.2, 0.25) is 0 Å². The number of carbonyl (C=O) groups excluding carboxylic acids is 3. The van der Waals surface area contributed by atoms with Gasteiger partial charge in [0.2, 0.25) is 5.91 Å². The fourth-order valence-electron chi connectivity index (χ4n) is 6.30. The summed E-state index contributed by atoms with van der Waals surface area (Å²) in [7, 11) is 1.59. The van der Waals surface area contributed by atoms with Crippen molar-refractivity contribution in [2.45, 2.75) is 49.1 Å². The molecule has 1 aromatic carbocycles. The Labute approximate surface area is 217 Å². The summed E-state index contributed by atoms with van der Waals surface area (Å²) in [5.41, 5.74) is 0.690. The van der Waals surface area contributed by atoms with Crippen LogP contribution in [0.15, 0.2) is 36.9 Å². The molecule has 36 heavy (non-hydrogen) atoms. The van der Waals surface area contributed by atoms with E-state index in [1.165, 1.54) is 0 Å². The van der Waals surface area contributed by atoms with Gasteiger partial charge in [-0.1, -0.05) is 13.0 Å². The monoisotopic (exact) mass is 516 g/mol. The van der Waals surface area contributed by atoms with Crippen molar-refractivity contribution in [3.63, 3.8) is 0 Å². The maximum absolute atomic E-state index is 14.4. The van der Waals surface area contributed by atoms with Gasteiger partial charge in [-0.05, 0) is 56.4 Å². The Bertz CT molecular complexity index is 1000. The van der Waals surface area contributed by atoms with Gasteiger partial charge in [-0.2, -0.15) is 0 Å². The van der Waals surface area contributed by atoms with Crippen LogP contribution in [0.5, 0.6) is 5.75 Å². The fraction of sp³-hybridized carbons (Fsp3) is 0.593. The lowest BCUT2D eigenvalue weighted by Crippen LogP contribution is -2.57. The van der Waals surface area contributed by atoms with E-state index in [4.69, 9.17) is 9.47 Å². The third-order valence-electron chi connectivity index (χ3n) is 7.81. The molecule has 0 aromatic heterocycles. The minimum atomic E-state index is -0.722. The van der Waals surface area contributed by atoms with Crippen molar-refractivity contribution < 1.29 is 29.0 Å².